The Labute approximate surface area is 126 Å². The third kappa shape index (κ3) is 3.62. The SMILES string of the molecule is CCCCc1ccc(-c2ccc(Cl)cc2C(C)O)cc1. The van der Waals surface area contributed by atoms with Gasteiger partial charge < -0.3 is 5.11 Å². The van der Waals surface area contributed by atoms with E-state index in [1.807, 2.05) is 18.2 Å². The maximum Gasteiger partial charge on any atom is 0.0768 e. The second-order valence-electron chi connectivity index (χ2n) is 5.21. The molecule has 0 fully saturated rings. The molecule has 1 unspecified atom stereocenters. The van der Waals surface area contributed by atoms with E-state index in [1.165, 1.54) is 18.4 Å². The van der Waals surface area contributed by atoms with Crippen LogP contribution in [-0.4, -0.2) is 5.11 Å². The number of aliphatic hydroxyl groups excluding tert-OH is 1. The maximum absolute atomic E-state index is 9.90. The Bertz CT molecular complexity index is 558. The van der Waals surface area contributed by atoms with Crippen molar-refractivity contribution in [3.8, 4) is 11.1 Å². The average molecular weight is 289 g/mol. The van der Waals surface area contributed by atoms with Crippen LogP contribution in [0.4, 0.5) is 0 Å². The highest BCUT2D eigenvalue weighted by Crippen LogP contribution is 2.31. The summed E-state index contributed by atoms with van der Waals surface area (Å²) < 4.78 is 0. The van der Waals surface area contributed by atoms with E-state index in [0.717, 1.165) is 23.1 Å². The molecule has 0 saturated carbocycles. The van der Waals surface area contributed by atoms with E-state index < -0.39 is 6.10 Å². The predicted octanol–water partition coefficient (Wildman–Crippen LogP) is 5.40. The maximum atomic E-state index is 9.90. The lowest BCUT2D eigenvalue weighted by molar-refractivity contribution is 0.200. The summed E-state index contributed by atoms with van der Waals surface area (Å²) >= 11 is 6.02. The van der Waals surface area contributed by atoms with Gasteiger partial charge >= 0.3 is 0 Å². The molecule has 0 aromatic heterocycles. The van der Waals surface area contributed by atoms with Gasteiger partial charge in [0.15, 0.2) is 0 Å². The molecule has 1 N–H and O–H groups in total. The van der Waals surface area contributed by atoms with Crippen LogP contribution < -0.4 is 0 Å². The van der Waals surface area contributed by atoms with Gasteiger partial charge in [-0.2, -0.15) is 0 Å². The highest BCUT2D eigenvalue weighted by atomic mass is 35.5. The highest BCUT2D eigenvalue weighted by molar-refractivity contribution is 6.30. The Morgan fingerprint density at radius 3 is 2.40 bits per heavy atom. The lowest BCUT2D eigenvalue weighted by Crippen LogP contribution is -1.95. The lowest BCUT2D eigenvalue weighted by Gasteiger charge is -2.13. The van der Waals surface area contributed by atoms with Crippen LogP contribution in [0.25, 0.3) is 11.1 Å². The molecule has 0 aliphatic carbocycles. The van der Waals surface area contributed by atoms with Crippen molar-refractivity contribution in [1.29, 1.82) is 0 Å². The van der Waals surface area contributed by atoms with Crippen molar-refractivity contribution in [3.63, 3.8) is 0 Å². The Hall–Kier alpha value is -1.31. The largest absolute Gasteiger partial charge is 0.389 e. The molecule has 2 rings (SSSR count). The van der Waals surface area contributed by atoms with Gasteiger partial charge in [-0.15, -0.1) is 0 Å². The molecule has 2 heteroatoms. The fourth-order valence-corrected chi connectivity index (χ4v) is 2.55. The molecule has 2 aromatic carbocycles. The molecule has 1 nitrogen and oxygen atoms in total. The van der Waals surface area contributed by atoms with Crippen LogP contribution in [0.1, 0.15) is 43.9 Å². The van der Waals surface area contributed by atoms with E-state index in [0.29, 0.717) is 5.02 Å². The van der Waals surface area contributed by atoms with Crippen molar-refractivity contribution in [2.24, 2.45) is 0 Å². The standard InChI is InChI=1S/C18H21ClO/c1-3-4-5-14-6-8-15(9-7-14)17-11-10-16(19)12-18(17)13(2)20/h6-13,20H,3-5H2,1-2H3. The monoisotopic (exact) mass is 288 g/mol. The van der Waals surface area contributed by atoms with Crippen LogP contribution in [0, 0.1) is 0 Å². The number of halogens is 1. The van der Waals surface area contributed by atoms with Crippen LogP contribution >= 0.6 is 11.6 Å². The van der Waals surface area contributed by atoms with Crippen molar-refractivity contribution < 1.29 is 5.11 Å². The molecule has 20 heavy (non-hydrogen) atoms. The topological polar surface area (TPSA) is 20.2 Å². The second-order valence-corrected chi connectivity index (χ2v) is 5.64. The first kappa shape index (κ1) is 15.1. The first-order valence-electron chi connectivity index (χ1n) is 7.18. The summed E-state index contributed by atoms with van der Waals surface area (Å²) in [6.07, 6.45) is 3.04. The summed E-state index contributed by atoms with van der Waals surface area (Å²) in [6, 6.07) is 14.3. The Balaban J connectivity index is 2.31. The van der Waals surface area contributed by atoms with Gasteiger partial charge in [0.05, 0.1) is 6.10 Å². The number of hydrogen-bond acceptors (Lipinski definition) is 1. The molecule has 0 bridgehead atoms. The molecular weight excluding hydrogens is 268 g/mol. The van der Waals surface area contributed by atoms with E-state index in [9.17, 15) is 5.11 Å². The molecule has 1 atom stereocenters. The molecule has 0 amide bonds. The van der Waals surface area contributed by atoms with Gasteiger partial charge in [-0.25, -0.2) is 0 Å². The number of hydrogen-bond donors (Lipinski definition) is 1. The van der Waals surface area contributed by atoms with Gasteiger partial charge in [-0.3, -0.25) is 0 Å². The minimum absolute atomic E-state index is 0.525. The summed E-state index contributed by atoms with van der Waals surface area (Å²) in [5, 5.41) is 10.6. The molecule has 2 aromatic rings. The molecule has 106 valence electrons. The molecule has 0 aliphatic rings. The number of benzene rings is 2. The zero-order valence-corrected chi connectivity index (χ0v) is 12.8. The second kappa shape index (κ2) is 6.92. The zero-order chi connectivity index (χ0) is 14.5. The normalized spacial score (nSPS) is 12.4. The Morgan fingerprint density at radius 2 is 1.80 bits per heavy atom. The van der Waals surface area contributed by atoms with Gasteiger partial charge in [0, 0.05) is 5.02 Å². The molecular formula is C18H21ClO. The number of unbranched alkanes of at least 4 members (excludes halogenated alkanes) is 1. The van der Waals surface area contributed by atoms with E-state index in [1.54, 1.807) is 6.92 Å². The van der Waals surface area contributed by atoms with Crippen LogP contribution in [0.15, 0.2) is 42.5 Å². The van der Waals surface area contributed by atoms with Gasteiger partial charge in [-0.05, 0) is 54.2 Å². The van der Waals surface area contributed by atoms with Crippen molar-refractivity contribution in [2.75, 3.05) is 0 Å². The fourth-order valence-electron chi connectivity index (χ4n) is 2.37. The Morgan fingerprint density at radius 1 is 1.10 bits per heavy atom. The quantitative estimate of drug-likeness (QED) is 0.780. The first-order chi connectivity index (χ1) is 9.61. The molecule has 0 spiro atoms. The third-order valence-electron chi connectivity index (χ3n) is 3.55. The fraction of sp³-hybridized carbons (Fsp3) is 0.333. The van der Waals surface area contributed by atoms with Crippen LogP contribution in [-0.2, 0) is 6.42 Å². The van der Waals surface area contributed by atoms with Crippen LogP contribution in [0.5, 0.6) is 0 Å². The van der Waals surface area contributed by atoms with Crippen molar-refractivity contribution in [3.05, 3.63) is 58.6 Å². The van der Waals surface area contributed by atoms with Crippen molar-refractivity contribution in [1.82, 2.24) is 0 Å². The lowest BCUT2D eigenvalue weighted by atomic mass is 9.95. The summed E-state index contributed by atoms with van der Waals surface area (Å²) in [6.45, 7) is 3.97. The van der Waals surface area contributed by atoms with Crippen molar-refractivity contribution >= 4 is 11.6 Å². The number of rotatable bonds is 5. The van der Waals surface area contributed by atoms with E-state index >= 15 is 0 Å². The highest BCUT2D eigenvalue weighted by Gasteiger charge is 2.10. The minimum atomic E-state index is -0.525. The number of aliphatic hydroxyl groups is 1. The van der Waals surface area contributed by atoms with Gasteiger partial charge in [0.1, 0.15) is 0 Å². The summed E-state index contributed by atoms with van der Waals surface area (Å²) in [4.78, 5) is 0. The summed E-state index contributed by atoms with van der Waals surface area (Å²) in [5.74, 6) is 0. The van der Waals surface area contributed by atoms with Gasteiger partial charge in [0.2, 0.25) is 0 Å². The third-order valence-corrected chi connectivity index (χ3v) is 3.78. The number of aryl methyl sites for hydroxylation is 1. The molecule has 0 heterocycles. The summed E-state index contributed by atoms with van der Waals surface area (Å²) in [7, 11) is 0. The van der Waals surface area contributed by atoms with E-state index in [-0.39, 0.29) is 0 Å². The smallest absolute Gasteiger partial charge is 0.0768 e. The average Bonchev–Trinajstić information content (AvgIpc) is 2.45. The minimum Gasteiger partial charge on any atom is -0.389 e. The van der Waals surface area contributed by atoms with E-state index in [2.05, 4.69) is 31.2 Å². The first-order valence-corrected chi connectivity index (χ1v) is 7.56. The van der Waals surface area contributed by atoms with Gasteiger partial charge in [0.25, 0.3) is 0 Å². The van der Waals surface area contributed by atoms with Crippen LogP contribution in [0.3, 0.4) is 0 Å². The predicted molar refractivity (Wildman–Crippen MR) is 86.1 cm³/mol. The Kier molecular flexibility index (Phi) is 5.22. The molecule has 0 aliphatic heterocycles. The summed E-state index contributed by atoms with van der Waals surface area (Å²) in [5.41, 5.74) is 4.41. The molecule has 0 radical (unpaired) electrons. The molecule has 0 saturated heterocycles. The van der Waals surface area contributed by atoms with Crippen molar-refractivity contribution in [2.45, 2.75) is 39.2 Å². The zero-order valence-electron chi connectivity index (χ0n) is 12.1. The van der Waals surface area contributed by atoms with Crippen LogP contribution in [0.2, 0.25) is 5.02 Å². The van der Waals surface area contributed by atoms with Gasteiger partial charge in [-0.1, -0.05) is 55.3 Å². The van der Waals surface area contributed by atoms with E-state index in [4.69, 9.17) is 11.6 Å².